The summed E-state index contributed by atoms with van der Waals surface area (Å²) in [4.78, 5) is 4.77. The molecular formula is C20H29N. The standard InChI is InChI=1S/C20H29N/c1-5-6-7-8-9-10-14-17-19(21-20(2,3)4)18-15-12-11-13-16-18/h11-13,15-16H,5-10H2,1-4H3. The molecule has 0 saturated carbocycles. The van der Waals surface area contributed by atoms with Crippen LogP contribution >= 0.6 is 0 Å². The van der Waals surface area contributed by atoms with E-state index in [0.29, 0.717) is 0 Å². The van der Waals surface area contributed by atoms with Gasteiger partial charge in [0.2, 0.25) is 0 Å². The number of hydrogen-bond donors (Lipinski definition) is 0. The maximum Gasteiger partial charge on any atom is 0.115 e. The quantitative estimate of drug-likeness (QED) is 0.364. The lowest BCUT2D eigenvalue weighted by Crippen LogP contribution is -2.14. The van der Waals surface area contributed by atoms with Gasteiger partial charge < -0.3 is 0 Å². The number of nitrogens with zero attached hydrogens (tertiary/aromatic N) is 1. The molecule has 1 rings (SSSR count). The summed E-state index contributed by atoms with van der Waals surface area (Å²) in [7, 11) is 0. The second-order valence-electron chi connectivity index (χ2n) is 6.46. The molecule has 1 heteroatoms. The lowest BCUT2D eigenvalue weighted by Gasteiger charge is -2.13. The molecule has 0 heterocycles. The van der Waals surface area contributed by atoms with E-state index in [1.165, 1.54) is 32.1 Å². The Balaban J connectivity index is 2.66. The van der Waals surface area contributed by atoms with Crippen LogP contribution in [0.5, 0.6) is 0 Å². The Labute approximate surface area is 130 Å². The van der Waals surface area contributed by atoms with Gasteiger partial charge in [-0.25, -0.2) is 0 Å². The van der Waals surface area contributed by atoms with Gasteiger partial charge in [0, 0.05) is 12.0 Å². The van der Waals surface area contributed by atoms with Crippen LogP contribution in [0.15, 0.2) is 35.3 Å². The van der Waals surface area contributed by atoms with Crippen LogP contribution in [0.4, 0.5) is 0 Å². The molecule has 0 aromatic heterocycles. The van der Waals surface area contributed by atoms with Gasteiger partial charge in [-0.15, -0.1) is 0 Å². The molecule has 0 amide bonds. The highest BCUT2D eigenvalue weighted by Crippen LogP contribution is 2.11. The second-order valence-corrected chi connectivity index (χ2v) is 6.46. The molecule has 0 aliphatic heterocycles. The Bertz CT molecular complexity index is 480. The normalized spacial score (nSPS) is 11.9. The number of benzene rings is 1. The molecule has 0 bridgehead atoms. The molecule has 0 atom stereocenters. The molecule has 0 radical (unpaired) electrons. The summed E-state index contributed by atoms with van der Waals surface area (Å²) in [6, 6.07) is 10.3. The molecular weight excluding hydrogens is 254 g/mol. The predicted molar refractivity (Wildman–Crippen MR) is 93.9 cm³/mol. The van der Waals surface area contributed by atoms with Crippen molar-refractivity contribution < 1.29 is 0 Å². The van der Waals surface area contributed by atoms with Crippen LogP contribution < -0.4 is 0 Å². The van der Waals surface area contributed by atoms with Crippen LogP contribution in [-0.4, -0.2) is 11.3 Å². The van der Waals surface area contributed by atoms with Crippen LogP contribution in [0.1, 0.15) is 71.8 Å². The predicted octanol–water partition coefficient (Wildman–Crippen LogP) is 5.64. The van der Waals surface area contributed by atoms with Gasteiger partial charge in [-0.05, 0) is 33.1 Å². The third-order valence-corrected chi connectivity index (χ3v) is 3.11. The van der Waals surface area contributed by atoms with Crippen molar-refractivity contribution in [1.82, 2.24) is 0 Å². The number of rotatable bonds is 6. The van der Waals surface area contributed by atoms with Gasteiger partial charge in [0.05, 0.1) is 5.54 Å². The Morgan fingerprint density at radius 1 is 1.00 bits per heavy atom. The molecule has 0 spiro atoms. The fourth-order valence-electron chi connectivity index (χ4n) is 2.06. The molecule has 0 fully saturated rings. The van der Waals surface area contributed by atoms with E-state index in [-0.39, 0.29) is 5.54 Å². The van der Waals surface area contributed by atoms with Crippen LogP contribution in [-0.2, 0) is 0 Å². The average molecular weight is 283 g/mol. The topological polar surface area (TPSA) is 12.4 Å². The van der Waals surface area contributed by atoms with Crippen LogP contribution in [0, 0.1) is 11.8 Å². The van der Waals surface area contributed by atoms with Crippen molar-refractivity contribution in [1.29, 1.82) is 0 Å². The zero-order valence-corrected chi connectivity index (χ0v) is 14.1. The minimum atomic E-state index is -0.0962. The van der Waals surface area contributed by atoms with Crippen molar-refractivity contribution in [3.05, 3.63) is 35.9 Å². The summed E-state index contributed by atoms with van der Waals surface area (Å²) < 4.78 is 0. The maximum absolute atomic E-state index is 4.77. The summed E-state index contributed by atoms with van der Waals surface area (Å²) in [5.74, 6) is 6.59. The fraction of sp³-hybridized carbons (Fsp3) is 0.550. The zero-order chi connectivity index (χ0) is 15.6. The van der Waals surface area contributed by atoms with Crippen molar-refractivity contribution in [2.45, 2.75) is 71.8 Å². The van der Waals surface area contributed by atoms with Crippen molar-refractivity contribution in [3.63, 3.8) is 0 Å². The van der Waals surface area contributed by atoms with Gasteiger partial charge in [-0.1, -0.05) is 68.9 Å². The first-order valence-electron chi connectivity index (χ1n) is 8.17. The first-order chi connectivity index (χ1) is 10.0. The van der Waals surface area contributed by atoms with Crippen molar-refractivity contribution in [2.75, 3.05) is 0 Å². The number of aliphatic imine (C=N–C) groups is 1. The van der Waals surface area contributed by atoms with Gasteiger partial charge >= 0.3 is 0 Å². The van der Waals surface area contributed by atoms with Crippen LogP contribution in [0.25, 0.3) is 0 Å². The van der Waals surface area contributed by atoms with E-state index >= 15 is 0 Å². The Hall–Kier alpha value is -1.55. The van der Waals surface area contributed by atoms with Crippen molar-refractivity contribution in [2.24, 2.45) is 4.99 Å². The van der Waals surface area contributed by atoms with E-state index in [1.54, 1.807) is 0 Å². The van der Waals surface area contributed by atoms with E-state index < -0.39 is 0 Å². The third-order valence-electron chi connectivity index (χ3n) is 3.11. The molecule has 0 aliphatic carbocycles. The van der Waals surface area contributed by atoms with E-state index in [2.05, 4.69) is 51.7 Å². The molecule has 114 valence electrons. The van der Waals surface area contributed by atoms with Crippen LogP contribution in [0.2, 0.25) is 0 Å². The fourth-order valence-corrected chi connectivity index (χ4v) is 2.06. The smallest absolute Gasteiger partial charge is 0.115 e. The second kappa shape index (κ2) is 9.40. The molecule has 0 saturated heterocycles. The molecule has 0 aliphatic rings. The van der Waals surface area contributed by atoms with Gasteiger partial charge in [-0.3, -0.25) is 4.99 Å². The van der Waals surface area contributed by atoms with E-state index in [4.69, 9.17) is 4.99 Å². The largest absolute Gasteiger partial charge is 0.270 e. The van der Waals surface area contributed by atoms with Gasteiger partial charge in [-0.2, -0.15) is 0 Å². The number of hydrogen-bond acceptors (Lipinski definition) is 1. The first-order valence-corrected chi connectivity index (χ1v) is 8.17. The molecule has 1 aromatic rings. The summed E-state index contributed by atoms with van der Waals surface area (Å²) >= 11 is 0. The zero-order valence-electron chi connectivity index (χ0n) is 14.1. The van der Waals surface area contributed by atoms with E-state index in [1.807, 2.05) is 18.2 Å². The molecule has 0 unspecified atom stereocenters. The lowest BCUT2D eigenvalue weighted by atomic mass is 10.1. The lowest BCUT2D eigenvalue weighted by molar-refractivity contribution is 0.585. The van der Waals surface area contributed by atoms with Crippen LogP contribution in [0.3, 0.4) is 0 Å². The Morgan fingerprint density at radius 3 is 2.29 bits per heavy atom. The minimum Gasteiger partial charge on any atom is -0.270 e. The van der Waals surface area contributed by atoms with E-state index in [9.17, 15) is 0 Å². The molecule has 21 heavy (non-hydrogen) atoms. The minimum absolute atomic E-state index is 0.0962. The van der Waals surface area contributed by atoms with Crippen molar-refractivity contribution >= 4 is 5.71 Å². The molecule has 0 N–H and O–H groups in total. The highest BCUT2D eigenvalue weighted by molar-refractivity contribution is 6.13. The first kappa shape index (κ1) is 17.5. The molecule has 1 aromatic carbocycles. The molecule has 1 nitrogen and oxygen atoms in total. The summed E-state index contributed by atoms with van der Waals surface area (Å²) in [6.07, 6.45) is 7.43. The number of unbranched alkanes of at least 4 members (excludes halogenated alkanes) is 5. The Kier molecular flexibility index (Phi) is 7.83. The summed E-state index contributed by atoms with van der Waals surface area (Å²) in [5.41, 5.74) is 1.93. The van der Waals surface area contributed by atoms with E-state index in [0.717, 1.165) is 17.7 Å². The van der Waals surface area contributed by atoms with Gasteiger partial charge in [0.25, 0.3) is 0 Å². The van der Waals surface area contributed by atoms with Gasteiger partial charge in [0.1, 0.15) is 5.71 Å². The Morgan fingerprint density at radius 2 is 1.67 bits per heavy atom. The highest BCUT2D eigenvalue weighted by atomic mass is 14.8. The summed E-state index contributed by atoms with van der Waals surface area (Å²) in [6.45, 7) is 8.59. The highest BCUT2D eigenvalue weighted by Gasteiger charge is 2.09. The van der Waals surface area contributed by atoms with Crippen molar-refractivity contribution in [3.8, 4) is 11.8 Å². The average Bonchev–Trinajstić information content (AvgIpc) is 2.45. The maximum atomic E-state index is 4.77. The van der Waals surface area contributed by atoms with Gasteiger partial charge in [0.15, 0.2) is 0 Å². The SMILES string of the molecule is CCCCCCCC#CC(=NC(C)(C)C)c1ccccc1. The summed E-state index contributed by atoms with van der Waals surface area (Å²) in [5, 5.41) is 0. The third kappa shape index (κ3) is 8.35. The monoisotopic (exact) mass is 283 g/mol.